The maximum atomic E-state index is 11.8. The van der Waals surface area contributed by atoms with Gasteiger partial charge in [-0.2, -0.15) is 0 Å². The van der Waals surface area contributed by atoms with E-state index < -0.39 is 5.60 Å². The summed E-state index contributed by atoms with van der Waals surface area (Å²) in [6, 6.07) is 0.961. The summed E-state index contributed by atoms with van der Waals surface area (Å²) in [4.78, 5) is 13.6. The van der Waals surface area contributed by atoms with Gasteiger partial charge >= 0.3 is 6.09 Å². The number of nitrogens with one attached hydrogen (secondary N) is 1. The highest BCUT2D eigenvalue weighted by atomic mass is 16.6. The molecule has 0 spiro atoms. The Balaban J connectivity index is 1.75. The maximum absolute atomic E-state index is 11.8. The first-order valence-corrected chi connectivity index (χ1v) is 7.24. The number of amides is 1. The van der Waals surface area contributed by atoms with Gasteiger partial charge in [-0.3, -0.25) is 0 Å². The van der Waals surface area contributed by atoms with Crippen LogP contribution in [0.5, 0.6) is 0 Å². The molecule has 1 aliphatic carbocycles. The number of carbonyl (C=O) groups is 1. The van der Waals surface area contributed by atoms with Gasteiger partial charge in [0.15, 0.2) is 0 Å². The van der Waals surface area contributed by atoms with Crippen LogP contribution in [0.25, 0.3) is 0 Å². The van der Waals surface area contributed by atoms with Gasteiger partial charge in [0, 0.05) is 37.7 Å². The van der Waals surface area contributed by atoms with Gasteiger partial charge in [-0.1, -0.05) is 0 Å². The molecule has 19 heavy (non-hydrogen) atoms. The third-order valence-electron chi connectivity index (χ3n) is 3.60. The fraction of sp³-hybridized carbons (Fsp3) is 0.929. The second-order valence-electron chi connectivity index (χ2n) is 6.71. The van der Waals surface area contributed by atoms with Crippen molar-refractivity contribution >= 4 is 6.09 Å². The smallest absolute Gasteiger partial charge is 0.410 e. The molecule has 1 heterocycles. The van der Waals surface area contributed by atoms with Crippen molar-refractivity contribution in [2.45, 2.75) is 57.7 Å². The highest BCUT2D eigenvalue weighted by Gasteiger charge is 2.39. The minimum atomic E-state index is -0.432. The highest BCUT2D eigenvalue weighted by Crippen LogP contribution is 2.27. The van der Waals surface area contributed by atoms with E-state index in [1.54, 1.807) is 4.90 Å². The molecule has 5 heteroatoms. The topological polar surface area (TPSA) is 61.8 Å². The lowest BCUT2D eigenvalue weighted by molar-refractivity contribution is -0.00829. The standard InChI is InChI=1S/C14H26N2O3/c1-14(2,3)19-13(18)16-8-10(9-16)12(6-7-17)15-11-4-5-11/h10-12,15,17H,4-9H2,1-3H3. The third kappa shape index (κ3) is 4.35. The molecular weight excluding hydrogens is 244 g/mol. The normalized spacial score (nSPS) is 22.0. The lowest BCUT2D eigenvalue weighted by Crippen LogP contribution is -2.58. The van der Waals surface area contributed by atoms with Crippen molar-refractivity contribution in [2.75, 3.05) is 19.7 Å². The molecular formula is C14H26N2O3. The molecule has 1 unspecified atom stereocenters. The summed E-state index contributed by atoms with van der Waals surface area (Å²) in [6.07, 6.45) is 3.02. The predicted octanol–water partition coefficient (Wildman–Crippen LogP) is 1.36. The summed E-state index contributed by atoms with van der Waals surface area (Å²) in [7, 11) is 0. The molecule has 1 aliphatic heterocycles. The Morgan fingerprint density at radius 3 is 2.53 bits per heavy atom. The van der Waals surface area contributed by atoms with Crippen LogP contribution in [0.4, 0.5) is 4.79 Å². The molecule has 0 bridgehead atoms. The van der Waals surface area contributed by atoms with Crippen molar-refractivity contribution in [1.82, 2.24) is 10.2 Å². The average molecular weight is 270 g/mol. The molecule has 2 N–H and O–H groups in total. The summed E-state index contributed by atoms with van der Waals surface area (Å²) in [6.45, 7) is 7.31. The van der Waals surface area contributed by atoms with Gasteiger partial charge in [-0.25, -0.2) is 4.79 Å². The molecule has 2 aliphatic rings. The minimum Gasteiger partial charge on any atom is -0.444 e. The molecule has 0 aromatic rings. The Bertz CT molecular complexity index is 317. The summed E-state index contributed by atoms with van der Waals surface area (Å²) >= 11 is 0. The zero-order chi connectivity index (χ0) is 14.0. The Hall–Kier alpha value is -0.810. The molecule has 2 rings (SSSR count). The highest BCUT2D eigenvalue weighted by molar-refractivity contribution is 5.69. The Labute approximate surface area is 115 Å². The van der Waals surface area contributed by atoms with E-state index in [0.717, 1.165) is 19.5 Å². The number of aliphatic hydroxyl groups is 1. The molecule has 0 radical (unpaired) electrons. The van der Waals surface area contributed by atoms with E-state index in [0.29, 0.717) is 18.0 Å². The quantitative estimate of drug-likeness (QED) is 0.792. The van der Waals surface area contributed by atoms with Gasteiger partial charge < -0.3 is 20.1 Å². The van der Waals surface area contributed by atoms with Gasteiger partial charge in [-0.15, -0.1) is 0 Å². The zero-order valence-corrected chi connectivity index (χ0v) is 12.2. The van der Waals surface area contributed by atoms with Gasteiger partial charge in [0.2, 0.25) is 0 Å². The Morgan fingerprint density at radius 2 is 2.05 bits per heavy atom. The number of ether oxygens (including phenoxy) is 1. The second-order valence-corrected chi connectivity index (χ2v) is 6.71. The van der Waals surface area contributed by atoms with Gasteiger partial charge in [0.25, 0.3) is 0 Å². The molecule has 1 saturated carbocycles. The fourth-order valence-corrected chi connectivity index (χ4v) is 2.39. The van der Waals surface area contributed by atoms with E-state index in [1.165, 1.54) is 12.8 Å². The minimum absolute atomic E-state index is 0.202. The summed E-state index contributed by atoms with van der Waals surface area (Å²) in [5.74, 6) is 0.445. The van der Waals surface area contributed by atoms with Gasteiger partial charge in [0.05, 0.1) is 0 Å². The summed E-state index contributed by atoms with van der Waals surface area (Å²) in [5.41, 5.74) is -0.432. The van der Waals surface area contributed by atoms with Crippen LogP contribution >= 0.6 is 0 Å². The molecule has 110 valence electrons. The van der Waals surface area contributed by atoms with E-state index in [4.69, 9.17) is 9.84 Å². The number of aliphatic hydroxyl groups excluding tert-OH is 1. The molecule has 0 aromatic carbocycles. The van der Waals surface area contributed by atoms with Crippen LogP contribution in [0.2, 0.25) is 0 Å². The second kappa shape index (κ2) is 5.67. The van der Waals surface area contributed by atoms with Crippen LogP contribution in [-0.4, -0.2) is 53.5 Å². The monoisotopic (exact) mass is 270 g/mol. The number of likely N-dealkylation sites (tertiary alicyclic amines) is 1. The van der Waals surface area contributed by atoms with Crippen molar-refractivity contribution in [3.63, 3.8) is 0 Å². The maximum Gasteiger partial charge on any atom is 0.410 e. The number of hydrogen-bond donors (Lipinski definition) is 2. The SMILES string of the molecule is CC(C)(C)OC(=O)N1CC(C(CCO)NC2CC2)C1. The summed E-state index contributed by atoms with van der Waals surface area (Å²) in [5, 5.41) is 12.7. The van der Waals surface area contributed by atoms with Crippen molar-refractivity contribution in [3.8, 4) is 0 Å². The number of hydrogen-bond acceptors (Lipinski definition) is 4. The first-order valence-electron chi connectivity index (χ1n) is 7.24. The van der Waals surface area contributed by atoms with E-state index in [9.17, 15) is 4.79 Å². The summed E-state index contributed by atoms with van der Waals surface area (Å²) < 4.78 is 5.34. The average Bonchev–Trinajstić information content (AvgIpc) is 2.96. The van der Waals surface area contributed by atoms with Crippen LogP contribution in [0.15, 0.2) is 0 Å². The Kier molecular flexibility index (Phi) is 4.36. The third-order valence-corrected chi connectivity index (χ3v) is 3.60. The molecule has 1 amide bonds. The lowest BCUT2D eigenvalue weighted by Gasteiger charge is -2.43. The van der Waals surface area contributed by atoms with E-state index in [1.807, 2.05) is 20.8 Å². The molecule has 1 atom stereocenters. The number of carbonyl (C=O) groups excluding carboxylic acids is 1. The fourth-order valence-electron chi connectivity index (χ4n) is 2.39. The van der Waals surface area contributed by atoms with Crippen LogP contribution in [-0.2, 0) is 4.74 Å². The van der Waals surface area contributed by atoms with Gasteiger partial charge in [-0.05, 0) is 40.0 Å². The molecule has 1 saturated heterocycles. The number of rotatable bonds is 5. The molecule has 5 nitrogen and oxygen atoms in total. The van der Waals surface area contributed by atoms with Crippen LogP contribution < -0.4 is 5.32 Å². The molecule has 0 aromatic heterocycles. The predicted molar refractivity (Wildman–Crippen MR) is 72.9 cm³/mol. The molecule has 2 fully saturated rings. The van der Waals surface area contributed by atoms with Crippen molar-refractivity contribution in [3.05, 3.63) is 0 Å². The van der Waals surface area contributed by atoms with Gasteiger partial charge in [0.1, 0.15) is 5.60 Å². The van der Waals surface area contributed by atoms with Crippen LogP contribution in [0.1, 0.15) is 40.0 Å². The van der Waals surface area contributed by atoms with Crippen LogP contribution in [0.3, 0.4) is 0 Å². The van der Waals surface area contributed by atoms with Crippen LogP contribution in [0, 0.1) is 5.92 Å². The van der Waals surface area contributed by atoms with Crippen molar-refractivity contribution in [1.29, 1.82) is 0 Å². The lowest BCUT2D eigenvalue weighted by atomic mass is 9.90. The van der Waals surface area contributed by atoms with Crippen molar-refractivity contribution < 1.29 is 14.6 Å². The van der Waals surface area contributed by atoms with E-state index in [2.05, 4.69) is 5.32 Å². The van der Waals surface area contributed by atoms with E-state index >= 15 is 0 Å². The largest absolute Gasteiger partial charge is 0.444 e. The number of nitrogens with zero attached hydrogens (tertiary/aromatic N) is 1. The van der Waals surface area contributed by atoms with E-state index in [-0.39, 0.29) is 12.7 Å². The zero-order valence-electron chi connectivity index (χ0n) is 12.2. The first kappa shape index (κ1) is 14.6. The Morgan fingerprint density at radius 1 is 1.42 bits per heavy atom. The first-order chi connectivity index (χ1) is 8.89. The van der Waals surface area contributed by atoms with Crippen molar-refractivity contribution in [2.24, 2.45) is 5.92 Å².